The number of hydrogen-bond donors (Lipinski definition) is 2. The van der Waals surface area contributed by atoms with Crippen molar-refractivity contribution >= 4 is 28.6 Å². The zero-order valence-corrected chi connectivity index (χ0v) is 16.6. The first-order valence-corrected chi connectivity index (χ1v) is 9.78. The molecule has 30 heavy (non-hydrogen) atoms. The van der Waals surface area contributed by atoms with Gasteiger partial charge in [0.1, 0.15) is 11.8 Å². The molecular weight excluding hydrogens is 382 g/mol. The fourth-order valence-electron chi connectivity index (χ4n) is 3.13. The van der Waals surface area contributed by atoms with Crippen LogP contribution in [0.2, 0.25) is 0 Å². The van der Waals surface area contributed by atoms with Gasteiger partial charge in [-0.1, -0.05) is 49.4 Å². The maximum atomic E-state index is 12.2. The number of esters is 1. The number of hydrogen-bond acceptors (Lipinski definition) is 4. The van der Waals surface area contributed by atoms with Gasteiger partial charge in [0.15, 0.2) is 0 Å². The summed E-state index contributed by atoms with van der Waals surface area (Å²) in [5, 5.41) is 13.7. The molecule has 0 saturated heterocycles. The van der Waals surface area contributed by atoms with Crippen molar-refractivity contribution in [3.63, 3.8) is 0 Å². The molecule has 154 valence electrons. The summed E-state index contributed by atoms with van der Waals surface area (Å²) in [6, 6.07) is 18.6. The second-order valence-electron chi connectivity index (χ2n) is 7.01. The first-order valence-electron chi connectivity index (χ1n) is 9.78. The minimum absolute atomic E-state index is 0.186. The number of carboxylic acids is 1. The molecule has 0 bridgehead atoms. The molecule has 0 spiro atoms. The maximum Gasteiger partial charge on any atom is 0.343 e. The topological polar surface area (TPSA) is 92.7 Å². The van der Waals surface area contributed by atoms with Crippen LogP contribution >= 0.6 is 0 Å². The van der Waals surface area contributed by atoms with E-state index in [0.717, 1.165) is 16.3 Å². The van der Waals surface area contributed by atoms with Gasteiger partial charge in [-0.05, 0) is 47.0 Å². The highest BCUT2D eigenvalue weighted by Gasteiger charge is 2.20. The van der Waals surface area contributed by atoms with Gasteiger partial charge in [-0.25, -0.2) is 9.59 Å². The van der Waals surface area contributed by atoms with Crippen LogP contribution in [0.4, 0.5) is 0 Å². The lowest BCUT2D eigenvalue weighted by Gasteiger charge is -2.15. The maximum absolute atomic E-state index is 12.2. The Morgan fingerprint density at radius 2 is 1.67 bits per heavy atom. The summed E-state index contributed by atoms with van der Waals surface area (Å²) in [6.45, 7) is 1.87. The smallest absolute Gasteiger partial charge is 0.343 e. The van der Waals surface area contributed by atoms with E-state index in [0.29, 0.717) is 24.2 Å². The van der Waals surface area contributed by atoms with Gasteiger partial charge in [-0.15, -0.1) is 0 Å². The third kappa shape index (κ3) is 5.44. The van der Waals surface area contributed by atoms with Crippen molar-refractivity contribution in [3.05, 3.63) is 77.9 Å². The highest BCUT2D eigenvalue weighted by atomic mass is 16.5. The number of carboxylic acid groups (broad SMARTS) is 1. The minimum Gasteiger partial charge on any atom is -0.480 e. The van der Waals surface area contributed by atoms with Gasteiger partial charge in [0.2, 0.25) is 5.91 Å². The average Bonchev–Trinajstić information content (AvgIpc) is 2.74. The lowest BCUT2D eigenvalue weighted by atomic mass is 10.0. The number of benzene rings is 3. The van der Waals surface area contributed by atoms with Crippen LogP contribution in [0, 0.1) is 0 Å². The van der Waals surface area contributed by atoms with Gasteiger partial charge in [0, 0.05) is 12.8 Å². The molecule has 3 aromatic carbocycles. The van der Waals surface area contributed by atoms with Crippen LogP contribution in [0.25, 0.3) is 10.8 Å². The molecule has 1 amide bonds. The third-order valence-corrected chi connectivity index (χ3v) is 4.65. The van der Waals surface area contributed by atoms with Crippen LogP contribution in [-0.4, -0.2) is 29.0 Å². The molecule has 6 heteroatoms. The van der Waals surface area contributed by atoms with Crippen molar-refractivity contribution in [2.75, 3.05) is 0 Å². The SMILES string of the molecule is CCCC(=O)NC(Cc1ccc2cc(OC(=O)c3ccccc3)ccc2c1)C(=O)O. The molecule has 0 fully saturated rings. The predicted octanol–water partition coefficient (Wildman–Crippen LogP) is 3.97. The van der Waals surface area contributed by atoms with Crippen LogP contribution in [0.5, 0.6) is 5.75 Å². The standard InChI is InChI=1S/C24H23NO5/c1-2-6-22(26)25-21(23(27)28)14-16-9-10-19-15-20(12-11-18(19)13-16)30-24(29)17-7-4-3-5-8-17/h3-5,7-13,15,21H,2,6,14H2,1H3,(H,25,26)(H,27,28). The Labute approximate surface area is 174 Å². The van der Waals surface area contributed by atoms with E-state index in [4.69, 9.17) is 4.74 Å². The Morgan fingerprint density at radius 3 is 2.37 bits per heavy atom. The van der Waals surface area contributed by atoms with Crippen LogP contribution in [0.15, 0.2) is 66.7 Å². The number of carbonyl (C=O) groups is 3. The number of fused-ring (bicyclic) bond motifs is 1. The first-order chi connectivity index (χ1) is 14.5. The average molecular weight is 405 g/mol. The molecule has 2 N–H and O–H groups in total. The largest absolute Gasteiger partial charge is 0.480 e. The van der Waals surface area contributed by atoms with Crippen LogP contribution in [-0.2, 0) is 16.0 Å². The molecule has 3 aromatic rings. The summed E-state index contributed by atoms with van der Waals surface area (Å²) in [6.07, 6.45) is 1.14. The van der Waals surface area contributed by atoms with E-state index >= 15 is 0 Å². The van der Waals surface area contributed by atoms with E-state index < -0.39 is 18.0 Å². The van der Waals surface area contributed by atoms with Gasteiger partial charge in [0.05, 0.1) is 5.56 Å². The quantitative estimate of drug-likeness (QED) is 0.437. The Morgan fingerprint density at radius 1 is 0.967 bits per heavy atom. The number of rotatable bonds is 8. The van der Waals surface area contributed by atoms with Gasteiger partial charge in [-0.2, -0.15) is 0 Å². The molecule has 1 atom stereocenters. The normalized spacial score (nSPS) is 11.6. The van der Waals surface area contributed by atoms with Crippen molar-refractivity contribution < 1.29 is 24.2 Å². The number of ether oxygens (including phenoxy) is 1. The number of nitrogens with one attached hydrogen (secondary N) is 1. The van der Waals surface area contributed by atoms with Crippen molar-refractivity contribution in [3.8, 4) is 5.75 Å². The number of amides is 1. The van der Waals surface area contributed by atoms with E-state index in [-0.39, 0.29) is 12.3 Å². The molecule has 0 heterocycles. The fraction of sp³-hybridized carbons (Fsp3) is 0.208. The molecule has 0 radical (unpaired) electrons. The predicted molar refractivity (Wildman–Crippen MR) is 114 cm³/mol. The Hall–Kier alpha value is -3.67. The third-order valence-electron chi connectivity index (χ3n) is 4.65. The molecule has 1 unspecified atom stereocenters. The summed E-state index contributed by atoms with van der Waals surface area (Å²) >= 11 is 0. The molecule has 0 aliphatic carbocycles. The van der Waals surface area contributed by atoms with Crippen molar-refractivity contribution in [2.24, 2.45) is 0 Å². The lowest BCUT2D eigenvalue weighted by molar-refractivity contribution is -0.141. The van der Waals surface area contributed by atoms with E-state index in [1.165, 1.54) is 0 Å². The van der Waals surface area contributed by atoms with E-state index in [9.17, 15) is 19.5 Å². The van der Waals surface area contributed by atoms with E-state index in [1.54, 1.807) is 36.4 Å². The summed E-state index contributed by atoms with van der Waals surface area (Å²) in [5.41, 5.74) is 1.26. The number of carbonyl (C=O) groups excluding carboxylic acids is 2. The van der Waals surface area contributed by atoms with Crippen molar-refractivity contribution in [1.29, 1.82) is 0 Å². The Balaban J connectivity index is 1.73. The van der Waals surface area contributed by atoms with Gasteiger partial charge in [0.25, 0.3) is 0 Å². The molecule has 0 aliphatic heterocycles. The second-order valence-corrected chi connectivity index (χ2v) is 7.01. The summed E-state index contributed by atoms with van der Waals surface area (Å²) in [4.78, 5) is 35.5. The van der Waals surface area contributed by atoms with Crippen LogP contribution < -0.4 is 10.1 Å². The first kappa shape index (κ1) is 21.0. The molecular formula is C24H23NO5. The Kier molecular flexibility index (Phi) is 6.80. The van der Waals surface area contributed by atoms with E-state index in [1.807, 2.05) is 37.3 Å². The lowest BCUT2D eigenvalue weighted by Crippen LogP contribution is -2.42. The highest BCUT2D eigenvalue weighted by molar-refractivity contribution is 5.92. The molecule has 6 nitrogen and oxygen atoms in total. The monoisotopic (exact) mass is 405 g/mol. The molecule has 0 aliphatic rings. The molecule has 3 rings (SSSR count). The van der Waals surface area contributed by atoms with Crippen LogP contribution in [0.3, 0.4) is 0 Å². The van der Waals surface area contributed by atoms with Gasteiger partial charge >= 0.3 is 11.9 Å². The summed E-state index contributed by atoms with van der Waals surface area (Å²) in [5.74, 6) is -1.34. The minimum atomic E-state index is -1.07. The van der Waals surface area contributed by atoms with Crippen molar-refractivity contribution in [1.82, 2.24) is 5.32 Å². The highest BCUT2D eigenvalue weighted by Crippen LogP contribution is 2.23. The second kappa shape index (κ2) is 9.69. The van der Waals surface area contributed by atoms with Gasteiger partial charge in [-0.3, -0.25) is 4.79 Å². The number of aliphatic carboxylic acids is 1. The molecule has 0 aromatic heterocycles. The fourth-order valence-corrected chi connectivity index (χ4v) is 3.13. The zero-order valence-electron chi connectivity index (χ0n) is 16.6. The zero-order chi connectivity index (χ0) is 21.5. The summed E-state index contributed by atoms with van der Waals surface area (Å²) < 4.78 is 5.44. The van der Waals surface area contributed by atoms with E-state index in [2.05, 4.69) is 5.32 Å². The van der Waals surface area contributed by atoms with Gasteiger partial charge < -0.3 is 15.2 Å². The Bertz CT molecular complexity index is 1060. The summed E-state index contributed by atoms with van der Waals surface area (Å²) in [7, 11) is 0. The molecule has 0 saturated carbocycles. The van der Waals surface area contributed by atoms with Crippen molar-refractivity contribution in [2.45, 2.75) is 32.2 Å². The van der Waals surface area contributed by atoms with Crippen LogP contribution in [0.1, 0.15) is 35.7 Å².